The van der Waals surface area contributed by atoms with Crippen LogP contribution in [0, 0.1) is 12.8 Å². The Hall–Kier alpha value is -2.05. The Labute approximate surface area is 158 Å². The van der Waals surface area contributed by atoms with Crippen molar-refractivity contribution >= 4 is 17.5 Å². The highest BCUT2D eigenvalue weighted by Gasteiger charge is 2.20. The number of H-pyrrole nitrogens is 1. The smallest absolute Gasteiger partial charge is 0.257 e. The van der Waals surface area contributed by atoms with Gasteiger partial charge in [0, 0.05) is 25.0 Å². The Morgan fingerprint density at radius 2 is 2.15 bits per heavy atom. The zero-order valence-electron chi connectivity index (χ0n) is 15.0. The van der Waals surface area contributed by atoms with E-state index in [1.54, 1.807) is 12.1 Å². The van der Waals surface area contributed by atoms with Gasteiger partial charge in [-0.3, -0.25) is 9.69 Å². The van der Waals surface area contributed by atoms with Crippen molar-refractivity contribution in [2.24, 2.45) is 5.92 Å². The third kappa shape index (κ3) is 5.47. The molecule has 0 aliphatic carbocycles. The molecule has 26 heavy (non-hydrogen) atoms. The molecule has 0 spiro atoms. The minimum Gasteiger partial charge on any atom is -0.482 e. The van der Waals surface area contributed by atoms with Crippen LogP contribution in [0.2, 0.25) is 5.02 Å². The molecule has 7 heteroatoms. The van der Waals surface area contributed by atoms with E-state index in [1.165, 1.54) is 0 Å². The Kier molecular flexibility index (Phi) is 6.52. The van der Waals surface area contributed by atoms with E-state index in [2.05, 4.69) is 20.2 Å². The molecule has 0 atom stereocenters. The van der Waals surface area contributed by atoms with Crippen LogP contribution in [0.15, 0.2) is 30.5 Å². The zero-order chi connectivity index (χ0) is 18.4. The molecule has 2 heterocycles. The van der Waals surface area contributed by atoms with Gasteiger partial charge < -0.3 is 15.0 Å². The first-order valence-electron chi connectivity index (χ1n) is 8.97. The van der Waals surface area contributed by atoms with Crippen LogP contribution < -0.4 is 10.1 Å². The molecule has 140 valence electrons. The number of nitrogens with zero attached hydrogens (tertiary/aromatic N) is 2. The largest absolute Gasteiger partial charge is 0.482 e. The Balaban J connectivity index is 1.33. The van der Waals surface area contributed by atoms with Gasteiger partial charge in [-0.2, -0.15) is 0 Å². The molecule has 0 radical (unpaired) electrons. The third-order valence-corrected chi connectivity index (χ3v) is 4.95. The Morgan fingerprint density at radius 3 is 2.85 bits per heavy atom. The number of ether oxygens (including phenoxy) is 1. The number of hydrogen-bond donors (Lipinski definition) is 2. The number of carbonyl (C=O) groups excluding carboxylic acids is 1. The van der Waals surface area contributed by atoms with E-state index in [-0.39, 0.29) is 12.5 Å². The van der Waals surface area contributed by atoms with Gasteiger partial charge in [0.05, 0.1) is 5.02 Å². The Bertz CT molecular complexity index is 726. The van der Waals surface area contributed by atoms with Gasteiger partial charge in [-0.25, -0.2) is 4.98 Å². The highest BCUT2D eigenvalue weighted by molar-refractivity contribution is 6.32. The molecule has 1 saturated heterocycles. The van der Waals surface area contributed by atoms with E-state index >= 15 is 0 Å². The topological polar surface area (TPSA) is 70.2 Å². The molecule has 1 amide bonds. The lowest BCUT2D eigenvalue weighted by Gasteiger charge is -2.31. The van der Waals surface area contributed by atoms with Gasteiger partial charge in [0.25, 0.3) is 5.91 Å². The average Bonchev–Trinajstić information content (AvgIpc) is 3.05. The van der Waals surface area contributed by atoms with Crippen molar-refractivity contribution in [1.82, 2.24) is 20.2 Å². The number of aromatic amines is 1. The first kappa shape index (κ1) is 18.7. The summed E-state index contributed by atoms with van der Waals surface area (Å²) in [6.45, 7) is 5.63. The number of amides is 1. The summed E-state index contributed by atoms with van der Waals surface area (Å²) in [5, 5.41) is 3.48. The highest BCUT2D eigenvalue weighted by atomic mass is 35.5. The summed E-state index contributed by atoms with van der Waals surface area (Å²) in [6.07, 6.45) is 4.07. The molecular weight excluding hydrogens is 352 g/mol. The minimum absolute atomic E-state index is 0.0121. The molecule has 1 aromatic carbocycles. The molecule has 6 nitrogen and oxygen atoms in total. The fraction of sp³-hybridized carbons (Fsp3) is 0.474. The number of carbonyl (C=O) groups is 1. The van der Waals surface area contributed by atoms with Gasteiger partial charge in [0.15, 0.2) is 6.61 Å². The molecule has 0 unspecified atom stereocenters. The van der Waals surface area contributed by atoms with Crippen molar-refractivity contribution in [3.05, 3.63) is 47.0 Å². The maximum atomic E-state index is 12.0. The van der Waals surface area contributed by atoms with Crippen LogP contribution in [-0.2, 0) is 11.3 Å². The van der Waals surface area contributed by atoms with Crippen molar-refractivity contribution in [3.63, 3.8) is 0 Å². The Morgan fingerprint density at radius 1 is 1.38 bits per heavy atom. The number of piperidine rings is 1. The standard InChI is InChI=1S/C19H25ClN4O2/c1-14-21-11-16(23-14)12-24-8-6-15(7-9-24)10-22-19(25)13-26-18-5-3-2-4-17(18)20/h2-5,11,15H,6-10,12-13H2,1H3,(H,21,23)(H,22,25). The van der Waals surface area contributed by atoms with Crippen LogP contribution in [-0.4, -0.2) is 47.0 Å². The van der Waals surface area contributed by atoms with E-state index < -0.39 is 0 Å². The number of rotatable bonds is 7. The van der Waals surface area contributed by atoms with Crippen LogP contribution in [0.1, 0.15) is 24.4 Å². The molecular formula is C19H25ClN4O2. The lowest BCUT2D eigenvalue weighted by Crippen LogP contribution is -2.39. The van der Waals surface area contributed by atoms with E-state index in [9.17, 15) is 4.79 Å². The quantitative estimate of drug-likeness (QED) is 0.779. The lowest BCUT2D eigenvalue weighted by molar-refractivity contribution is -0.123. The maximum Gasteiger partial charge on any atom is 0.257 e. The summed E-state index contributed by atoms with van der Waals surface area (Å²) in [5.74, 6) is 1.89. The number of nitrogens with one attached hydrogen (secondary N) is 2. The fourth-order valence-corrected chi connectivity index (χ4v) is 3.35. The van der Waals surface area contributed by atoms with Crippen molar-refractivity contribution in [3.8, 4) is 5.75 Å². The first-order chi connectivity index (χ1) is 12.6. The summed E-state index contributed by atoms with van der Waals surface area (Å²) in [4.78, 5) is 21.9. The predicted octanol–water partition coefficient (Wildman–Crippen LogP) is 2.78. The van der Waals surface area contributed by atoms with Crippen molar-refractivity contribution in [2.75, 3.05) is 26.2 Å². The molecule has 1 aromatic heterocycles. The number of aryl methyl sites for hydroxylation is 1. The van der Waals surface area contributed by atoms with Gasteiger partial charge in [-0.1, -0.05) is 23.7 Å². The first-order valence-corrected chi connectivity index (χ1v) is 9.35. The molecule has 1 fully saturated rings. The number of benzene rings is 1. The monoisotopic (exact) mass is 376 g/mol. The zero-order valence-corrected chi connectivity index (χ0v) is 15.8. The third-order valence-electron chi connectivity index (χ3n) is 4.64. The second kappa shape index (κ2) is 9.05. The average molecular weight is 377 g/mol. The summed E-state index contributed by atoms with van der Waals surface area (Å²) in [5.41, 5.74) is 1.16. The molecule has 2 aromatic rings. The number of hydrogen-bond acceptors (Lipinski definition) is 4. The molecule has 1 aliphatic heterocycles. The van der Waals surface area contributed by atoms with Gasteiger partial charge in [-0.05, 0) is 50.9 Å². The SMILES string of the molecule is Cc1ncc(CN2CCC(CNC(=O)COc3ccccc3Cl)CC2)[nH]1. The van der Waals surface area contributed by atoms with Gasteiger partial charge >= 0.3 is 0 Å². The summed E-state index contributed by atoms with van der Waals surface area (Å²) < 4.78 is 5.46. The van der Waals surface area contributed by atoms with E-state index in [1.807, 2.05) is 25.3 Å². The summed E-state index contributed by atoms with van der Waals surface area (Å²) >= 11 is 6.01. The predicted molar refractivity (Wildman–Crippen MR) is 101 cm³/mol. The van der Waals surface area contributed by atoms with Crippen LogP contribution in [0.4, 0.5) is 0 Å². The number of halogens is 1. The van der Waals surface area contributed by atoms with Crippen LogP contribution in [0.3, 0.4) is 0 Å². The van der Waals surface area contributed by atoms with Gasteiger partial charge in [0.1, 0.15) is 11.6 Å². The fourth-order valence-electron chi connectivity index (χ4n) is 3.16. The lowest BCUT2D eigenvalue weighted by atomic mass is 9.96. The van der Waals surface area contributed by atoms with E-state index in [0.29, 0.717) is 23.2 Å². The molecule has 1 aliphatic rings. The van der Waals surface area contributed by atoms with E-state index in [4.69, 9.17) is 16.3 Å². The van der Waals surface area contributed by atoms with Crippen LogP contribution >= 0.6 is 11.6 Å². The normalized spacial score (nSPS) is 15.8. The maximum absolute atomic E-state index is 12.0. The molecule has 2 N–H and O–H groups in total. The van der Waals surface area contributed by atoms with E-state index in [0.717, 1.165) is 44.0 Å². The van der Waals surface area contributed by atoms with Crippen LogP contribution in [0.25, 0.3) is 0 Å². The molecule has 3 rings (SSSR count). The van der Waals surface area contributed by atoms with Crippen molar-refractivity contribution < 1.29 is 9.53 Å². The van der Waals surface area contributed by atoms with Gasteiger partial charge in [-0.15, -0.1) is 0 Å². The van der Waals surface area contributed by atoms with Gasteiger partial charge in [0.2, 0.25) is 0 Å². The highest BCUT2D eigenvalue weighted by Crippen LogP contribution is 2.23. The van der Waals surface area contributed by atoms with Crippen LogP contribution in [0.5, 0.6) is 5.75 Å². The summed E-state index contributed by atoms with van der Waals surface area (Å²) in [6, 6.07) is 7.16. The number of likely N-dealkylation sites (tertiary alicyclic amines) is 1. The second-order valence-electron chi connectivity index (χ2n) is 6.74. The second-order valence-corrected chi connectivity index (χ2v) is 7.14. The number of aromatic nitrogens is 2. The molecule has 0 bridgehead atoms. The minimum atomic E-state index is -0.111. The number of imidazole rings is 1. The number of para-hydroxylation sites is 1. The summed E-state index contributed by atoms with van der Waals surface area (Å²) in [7, 11) is 0. The van der Waals surface area contributed by atoms with Crippen molar-refractivity contribution in [1.29, 1.82) is 0 Å². The molecule has 0 saturated carbocycles. The van der Waals surface area contributed by atoms with Crippen molar-refractivity contribution in [2.45, 2.75) is 26.3 Å².